The Hall–Kier alpha value is -1.43. The van der Waals surface area contributed by atoms with Crippen molar-refractivity contribution in [2.75, 3.05) is 26.2 Å². The second kappa shape index (κ2) is 8.01. The number of piperazine rings is 1. The normalized spacial score (nSPS) is 20.9. The summed E-state index contributed by atoms with van der Waals surface area (Å²) >= 11 is 0.984. The number of aromatic nitrogens is 1. The molecule has 0 unspecified atom stereocenters. The molecule has 0 radical (unpaired) electrons. The Balaban J connectivity index is 1.44. The van der Waals surface area contributed by atoms with E-state index in [1.807, 2.05) is 0 Å². The fourth-order valence-electron chi connectivity index (χ4n) is 4.01. The quantitative estimate of drug-likeness (QED) is 0.704. The van der Waals surface area contributed by atoms with E-state index in [-0.39, 0.29) is 9.90 Å². The average Bonchev–Trinajstić information content (AvgIpc) is 3.38. The Bertz CT molecular complexity index is 941. The van der Waals surface area contributed by atoms with Crippen molar-refractivity contribution in [2.24, 2.45) is 0 Å². The minimum absolute atomic E-state index is 0.0304. The zero-order valence-electron chi connectivity index (χ0n) is 15.7. The SMILES string of the molecule is O=S(=O)(c1cc(-c2cc(C(F)(F)F)on2)cs1)N1CCN(C2CCCCC2)CC1. The van der Waals surface area contributed by atoms with Crippen LogP contribution in [0.2, 0.25) is 0 Å². The lowest BCUT2D eigenvalue weighted by Crippen LogP contribution is -2.52. The lowest BCUT2D eigenvalue weighted by molar-refractivity contribution is -0.155. The van der Waals surface area contributed by atoms with Gasteiger partial charge in [0.05, 0.1) is 0 Å². The van der Waals surface area contributed by atoms with Crippen molar-refractivity contribution in [3.05, 3.63) is 23.3 Å². The summed E-state index contributed by atoms with van der Waals surface area (Å²) in [5, 5.41) is 4.91. The molecule has 1 aliphatic carbocycles. The predicted octanol–water partition coefficient (Wildman–Crippen LogP) is 4.06. The second-order valence-corrected chi connectivity index (χ2v) is 10.5. The lowest BCUT2D eigenvalue weighted by Gasteiger charge is -2.40. The number of thiophene rings is 1. The van der Waals surface area contributed by atoms with Crippen molar-refractivity contribution < 1.29 is 26.1 Å². The van der Waals surface area contributed by atoms with Gasteiger partial charge in [-0.25, -0.2) is 8.42 Å². The highest BCUT2D eigenvalue weighted by Crippen LogP contribution is 2.35. The zero-order chi connectivity index (χ0) is 20.6. The van der Waals surface area contributed by atoms with E-state index in [1.54, 1.807) is 0 Å². The van der Waals surface area contributed by atoms with Crippen LogP contribution in [0.25, 0.3) is 11.3 Å². The molecule has 0 amide bonds. The molecule has 0 aromatic carbocycles. The summed E-state index contributed by atoms with van der Waals surface area (Å²) in [7, 11) is -3.68. The highest BCUT2D eigenvalue weighted by atomic mass is 32.2. The van der Waals surface area contributed by atoms with Crippen molar-refractivity contribution in [1.29, 1.82) is 0 Å². The maximum absolute atomic E-state index is 13.0. The van der Waals surface area contributed by atoms with E-state index in [1.165, 1.54) is 47.9 Å². The molecule has 0 spiro atoms. The van der Waals surface area contributed by atoms with Crippen molar-refractivity contribution >= 4 is 21.4 Å². The van der Waals surface area contributed by atoms with Gasteiger partial charge in [-0.2, -0.15) is 17.5 Å². The molecule has 29 heavy (non-hydrogen) atoms. The molecule has 6 nitrogen and oxygen atoms in total. The van der Waals surface area contributed by atoms with Crippen LogP contribution in [-0.4, -0.2) is 55.0 Å². The number of hydrogen-bond acceptors (Lipinski definition) is 6. The highest BCUT2D eigenvalue weighted by Gasteiger charge is 2.37. The van der Waals surface area contributed by atoms with E-state index < -0.39 is 22.0 Å². The van der Waals surface area contributed by atoms with Crippen molar-refractivity contribution in [3.63, 3.8) is 0 Å². The summed E-state index contributed by atoms with van der Waals surface area (Å²) in [6, 6.07) is 2.70. The van der Waals surface area contributed by atoms with Crippen LogP contribution in [0.1, 0.15) is 37.9 Å². The maximum atomic E-state index is 13.0. The molecule has 0 atom stereocenters. The number of halogens is 3. The lowest BCUT2D eigenvalue weighted by atomic mass is 9.94. The molecule has 2 aromatic heterocycles. The first-order chi connectivity index (χ1) is 13.7. The van der Waals surface area contributed by atoms with Crippen LogP contribution >= 0.6 is 11.3 Å². The monoisotopic (exact) mass is 449 g/mol. The standard InChI is InChI=1S/C18H22F3N3O3S2/c19-18(20,21)16-11-15(22-27-16)13-10-17(28-12-13)29(25,26)24-8-6-23(7-9-24)14-4-2-1-3-5-14/h10-12,14H,1-9H2. The summed E-state index contributed by atoms with van der Waals surface area (Å²) in [5.41, 5.74) is 0.269. The van der Waals surface area contributed by atoms with Gasteiger partial charge in [-0.1, -0.05) is 24.4 Å². The molecule has 1 aliphatic heterocycles. The molecule has 0 N–H and O–H groups in total. The first kappa shape index (κ1) is 20.8. The first-order valence-electron chi connectivity index (χ1n) is 9.62. The van der Waals surface area contributed by atoms with Crippen molar-refractivity contribution in [1.82, 2.24) is 14.4 Å². The molecule has 2 aromatic rings. The molecule has 11 heteroatoms. The Labute approximate surface area is 171 Å². The van der Waals surface area contributed by atoms with Crippen LogP contribution in [0.4, 0.5) is 13.2 Å². The molecule has 1 saturated carbocycles. The highest BCUT2D eigenvalue weighted by molar-refractivity contribution is 7.91. The maximum Gasteiger partial charge on any atom is 0.452 e. The van der Waals surface area contributed by atoms with Gasteiger partial charge in [0.15, 0.2) is 0 Å². The van der Waals surface area contributed by atoms with Gasteiger partial charge in [-0.15, -0.1) is 11.3 Å². The van der Waals surface area contributed by atoms with Gasteiger partial charge in [0.25, 0.3) is 10.0 Å². The van der Waals surface area contributed by atoms with Gasteiger partial charge < -0.3 is 4.52 Å². The molecule has 3 heterocycles. The fourth-order valence-corrected chi connectivity index (χ4v) is 6.76. The van der Waals surface area contributed by atoms with Gasteiger partial charge in [0.2, 0.25) is 5.76 Å². The van der Waals surface area contributed by atoms with Gasteiger partial charge in [0, 0.05) is 49.2 Å². The van der Waals surface area contributed by atoms with E-state index in [0.717, 1.165) is 17.4 Å². The van der Waals surface area contributed by atoms with E-state index >= 15 is 0 Å². The van der Waals surface area contributed by atoms with Gasteiger partial charge in [-0.3, -0.25) is 4.90 Å². The molecule has 160 valence electrons. The predicted molar refractivity (Wildman–Crippen MR) is 102 cm³/mol. The third kappa shape index (κ3) is 4.37. The van der Waals surface area contributed by atoms with Crippen molar-refractivity contribution in [2.45, 2.75) is 48.5 Å². The van der Waals surface area contributed by atoms with Crippen LogP contribution in [0.5, 0.6) is 0 Å². The zero-order valence-corrected chi connectivity index (χ0v) is 17.3. The van der Waals surface area contributed by atoms with Gasteiger partial charge in [0.1, 0.15) is 9.90 Å². The molecule has 2 aliphatic rings. The Kier molecular flexibility index (Phi) is 5.75. The summed E-state index contributed by atoms with van der Waals surface area (Å²) < 4.78 is 69.9. The molecular weight excluding hydrogens is 427 g/mol. The number of nitrogens with zero attached hydrogens (tertiary/aromatic N) is 3. The van der Waals surface area contributed by atoms with Crippen LogP contribution in [-0.2, 0) is 16.2 Å². The average molecular weight is 450 g/mol. The van der Waals surface area contributed by atoms with Crippen molar-refractivity contribution in [3.8, 4) is 11.3 Å². The third-order valence-electron chi connectivity index (χ3n) is 5.62. The second-order valence-electron chi connectivity index (χ2n) is 7.46. The molecule has 1 saturated heterocycles. The molecule has 0 bridgehead atoms. The molecule has 2 fully saturated rings. The van der Waals surface area contributed by atoms with Gasteiger partial charge in [-0.05, 0) is 18.9 Å². The van der Waals surface area contributed by atoms with Crippen LogP contribution in [0, 0.1) is 0 Å². The topological polar surface area (TPSA) is 66.7 Å². The fraction of sp³-hybridized carbons (Fsp3) is 0.611. The summed E-state index contributed by atoms with van der Waals surface area (Å²) in [6.45, 7) is 2.27. The van der Waals surface area contributed by atoms with E-state index in [9.17, 15) is 21.6 Å². The minimum Gasteiger partial charge on any atom is -0.351 e. The number of rotatable bonds is 4. The first-order valence-corrected chi connectivity index (χ1v) is 11.9. The van der Waals surface area contributed by atoms with E-state index in [2.05, 4.69) is 14.6 Å². The summed E-state index contributed by atoms with van der Waals surface area (Å²) in [6.07, 6.45) is 1.48. The van der Waals surface area contributed by atoms with Crippen LogP contribution in [0.3, 0.4) is 0 Å². The van der Waals surface area contributed by atoms with Crippen LogP contribution in [0.15, 0.2) is 26.2 Å². The molecular formula is C18H22F3N3O3S2. The number of sulfonamides is 1. The largest absolute Gasteiger partial charge is 0.452 e. The van der Waals surface area contributed by atoms with Gasteiger partial charge >= 0.3 is 6.18 Å². The minimum atomic E-state index is -4.63. The third-order valence-corrected chi connectivity index (χ3v) is 8.93. The molecule has 4 rings (SSSR count). The van der Waals surface area contributed by atoms with Crippen LogP contribution < -0.4 is 0 Å². The van der Waals surface area contributed by atoms with E-state index in [4.69, 9.17) is 0 Å². The Morgan fingerprint density at radius 2 is 1.76 bits per heavy atom. The number of hydrogen-bond donors (Lipinski definition) is 0. The summed E-state index contributed by atoms with van der Waals surface area (Å²) in [5.74, 6) is -1.21. The number of alkyl halides is 3. The smallest absolute Gasteiger partial charge is 0.351 e. The Morgan fingerprint density at radius 3 is 2.38 bits per heavy atom. The van der Waals surface area contributed by atoms with E-state index in [0.29, 0.717) is 37.8 Å². The summed E-state index contributed by atoms with van der Waals surface area (Å²) in [4.78, 5) is 2.39. The Morgan fingerprint density at radius 1 is 1.07 bits per heavy atom.